The number of para-hydroxylation sites is 1. The van der Waals surface area contributed by atoms with Crippen molar-refractivity contribution in [2.45, 2.75) is 0 Å². The van der Waals surface area contributed by atoms with Crippen molar-refractivity contribution >= 4 is 11.7 Å². The van der Waals surface area contributed by atoms with Gasteiger partial charge in [0.2, 0.25) is 0 Å². The van der Waals surface area contributed by atoms with Gasteiger partial charge in [0, 0.05) is 12.2 Å². The molecule has 0 radical (unpaired) electrons. The fraction of sp³-hybridized carbons (Fsp3) is 0.500. The highest BCUT2D eigenvalue weighted by atomic mass is 16.5. The smallest absolute Gasteiger partial charge is 0.329 e. The molecule has 112 valence electrons. The third kappa shape index (κ3) is 9.32. The molecule has 0 saturated heterocycles. The second-order valence-electron chi connectivity index (χ2n) is 3.96. The van der Waals surface area contributed by atoms with Gasteiger partial charge in [-0.3, -0.25) is 0 Å². The Balaban J connectivity index is 1.80. The first kappa shape index (κ1) is 16.4. The first-order valence-corrected chi connectivity index (χ1v) is 6.53. The lowest BCUT2D eigenvalue weighted by molar-refractivity contribution is -0.142. The largest absolute Gasteiger partial charge is 0.480 e. The number of ether oxygens (including phenoxy) is 3. The van der Waals surface area contributed by atoms with E-state index in [1.807, 2.05) is 30.3 Å². The van der Waals surface area contributed by atoms with Crippen molar-refractivity contribution in [1.82, 2.24) is 0 Å². The Morgan fingerprint density at radius 1 is 0.950 bits per heavy atom. The van der Waals surface area contributed by atoms with E-state index in [0.29, 0.717) is 26.4 Å². The minimum Gasteiger partial charge on any atom is -0.480 e. The predicted octanol–water partition coefficient (Wildman–Crippen LogP) is 1.23. The van der Waals surface area contributed by atoms with Crippen LogP contribution in [0.1, 0.15) is 0 Å². The van der Waals surface area contributed by atoms with Gasteiger partial charge in [-0.15, -0.1) is 0 Å². The van der Waals surface area contributed by atoms with Crippen LogP contribution in [0, 0.1) is 0 Å². The van der Waals surface area contributed by atoms with E-state index in [-0.39, 0.29) is 13.2 Å². The van der Waals surface area contributed by atoms with Gasteiger partial charge >= 0.3 is 5.97 Å². The molecule has 0 saturated carbocycles. The van der Waals surface area contributed by atoms with Crippen LogP contribution in [0.4, 0.5) is 5.69 Å². The summed E-state index contributed by atoms with van der Waals surface area (Å²) in [5.74, 6) is -0.973. The molecule has 0 bridgehead atoms. The average molecular weight is 283 g/mol. The molecular formula is C14H21NO5. The minimum atomic E-state index is -0.973. The summed E-state index contributed by atoms with van der Waals surface area (Å²) in [7, 11) is 0. The van der Waals surface area contributed by atoms with E-state index in [1.54, 1.807) is 0 Å². The van der Waals surface area contributed by atoms with Crippen LogP contribution in [0.2, 0.25) is 0 Å². The normalized spacial score (nSPS) is 10.4. The molecule has 0 fully saturated rings. The Morgan fingerprint density at radius 2 is 1.55 bits per heavy atom. The third-order valence-corrected chi connectivity index (χ3v) is 2.32. The molecule has 2 N–H and O–H groups in total. The molecule has 0 unspecified atom stereocenters. The van der Waals surface area contributed by atoms with Crippen LogP contribution < -0.4 is 5.32 Å². The molecule has 0 spiro atoms. The van der Waals surface area contributed by atoms with Gasteiger partial charge in [0.25, 0.3) is 0 Å². The third-order valence-electron chi connectivity index (χ3n) is 2.32. The SMILES string of the molecule is O=C(O)COCCOCCOCCNc1ccccc1. The maximum absolute atomic E-state index is 10.1. The molecule has 0 aliphatic rings. The zero-order valence-electron chi connectivity index (χ0n) is 11.4. The molecule has 1 aromatic rings. The van der Waals surface area contributed by atoms with E-state index in [9.17, 15) is 4.79 Å². The van der Waals surface area contributed by atoms with Crippen LogP contribution >= 0.6 is 0 Å². The molecular weight excluding hydrogens is 262 g/mol. The number of anilines is 1. The van der Waals surface area contributed by atoms with Crippen molar-refractivity contribution < 1.29 is 24.1 Å². The molecule has 0 aliphatic heterocycles. The van der Waals surface area contributed by atoms with Crippen molar-refractivity contribution in [3.63, 3.8) is 0 Å². The summed E-state index contributed by atoms with van der Waals surface area (Å²) in [6, 6.07) is 9.92. The maximum atomic E-state index is 10.1. The molecule has 0 atom stereocenters. The summed E-state index contributed by atoms with van der Waals surface area (Å²) in [5.41, 5.74) is 1.07. The van der Waals surface area contributed by atoms with Gasteiger partial charge in [-0.05, 0) is 12.1 Å². The standard InChI is InChI=1S/C14H21NO5/c16-14(17)12-20-11-10-19-9-8-18-7-6-15-13-4-2-1-3-5-13/h1-5,15H,6-12H2,(H,16,17). The van der Waals surface area contributed by atoms with E-state index >= 15 is 0 Å². The minimum absolute atomic E-state index is 0.280. The molecule has 1 aromatic carbocycles. The van der Waals surface area contributed by atoms with Crippen molar-refractivity contribution in [2.75, 3.05) is 51.5 Å². The number of carboxylic acid groups (broad SMARTS) is 1. The molecule has 0 heterocycles. The second kappa shape index (κ2) is 11.2. The molecule has 6 nitrogen and oxygen atoms in total. The topological polar surface area (TPSA) is 77.0 Å². The Bertz CT molecular complexity index is 358. The van der Waals surface area contributed by atoms with Gasteiger partial charge in [0.1, 0.15) is 6.61 Å². The summed E-state index contributed by atoms with van der Waals surface area (Å²) >= 11 is 0. The molecule has 20 heavy (non-hydrogen) atoms. The van der Waals surface area contributed by atoms with Crippen molar-refractivity contribution in [3.8, 4) is 0 Å². The summed E-state index contributed by atoms with van der Waals surface area (Å²) in [6.45, 7) is 2.70. The lowest BCUT2D eigenvalue weighted by atomic mass is 10.3. The molecule has 6 heteroatoms. The lowest BCUT2D eigenvalue weighted by Crippen LogP contribution is -2.15. The number of carbonyl (C=O) groups is 1. The molecule has 0 aromatic heterocycles. The Morgan fingerprint density at radius 3 is 2.20 bits per heavy atom. The zero-order valence-corrected chi connectivity index (χ0v) is 11.4. The molecule has 0 aliphatic carbocycles. The fourth-order valence-corrected chi connectivity index (χ4v) is 1.42. The van der Waals surface area contributed by atoms with Crippen LogP contribution in [0.25, 0.3) is 0 Å². The monoisotopic (exact) mass is 283 g/mol. The van der Waals surface area contributed by atoms with Crippen LogP contribution in [0.3, 0.4) is 0 Å². The highest BCUT2D eigenvalue weighted by molar-refractivity contribution is 5.67. The number of aliphatic carboxylic acids is 1. The zero-order chi connectivity index (χ0) is 14.5. The van der Waals surface area contributed by atoms with Crippen molar-refractivity contribution in [1.29, 1.82) is 0 Å². The van der Waals surface area contributed by atoms with Crippen molar-refractivity contribution in [2.24, 2.45) is 0 Å². The van der Waals surface area contributed by atoms with E-state index in [4.69, 9.17) is 19.3 Å². The highest BCUT2D eigenvalue weighted by Gasteiger charge is 1.96. The Kier molecular flexibility index (Phi) is 9.21. The number of carboxylic acids is 1. The van der Waals surface area contributed by atoms with Gasteiger partial charge in [-0.25, -0.2) is 4.79 Å². The number of rotatable bonds is 12. The average Bonchev–Trinajstić information content (AvgIpc) is 2.45. The van der Waals surface area contributed by atoms with Crippen molar-refractivity contribution in [3.05, 3.63) is 30.3 Å². The summed E-state index contributed by atoms with van der Waals surface area (Å²) in [5, 5.41) is 11.6. The summed E-state index contributed by atoms with van der Waals surface area (Å²) < 4.78 is 15.4. The number of hydrogen-bond donors (Lipinski definition) is 2. The first-order chi connectivity index (χ1) is 9.79. The second-order valence-corrected chi connectivity index (χ2v) is 3.96. The molecule has 1 rings (SSSR count). The predicted molar refractivity (Wildman–Crippen MR) is 75.0 cm³/mol. The van der Waals surface area contributed by atoms with Gasteiger partial charge in [-0.1, -0.05) is 18.2 Å². The Labute approximate surface area is 118 Å². The van der Waals surface area contributed by atoms with Crippen LogP contribution in [-0.4, -0.2) is 57.3 Å². The summed E-state index contributed by atoms with van der Waals surface area (Å²) in [4.78, 5) is 10.1. The first-order valence-electron chi connectivity index (χ1n) is 6.53. The van der Waals surface area contributed by atoms with Crippen LogP contribution in [0.15, 0.2) is 30.3 Å². The van der Waals surface area contributed by atoms with E-state index in [0.717, 1.165) is 12.2 Å². The van der Waals surface area contributed by atoms with Crippen LogP contribution in [-0.2, 0) is 19.0 Å². The quantitative estimate of drug-likeness (QED) is 0.562. The summed E-state index contributed by atoms with van der Waals surface area (Å²) in [6.07, 6.45) is 0. The number of hydrogen-bond acceptors (Lipinski definition) is 5. The van der Waals surface area contributed by atoms with Gasteiger partial charge in [0.15, 0.2) is 0 Å². The van der Waals surface area contributed by atoms with Crippen LogP contribution in [0.5, 0.6) is 0 Å². The number of benzene rings is 1. The lowest BCUT2D eigenvalue weighted by Gasteiger charge is -2.08. The van der Waals surface area contributed by atoms with E-state index in [1.165, 1.54) is 0 Å². The van der Waals surface area contributed by atoms with E-state index < -0.39 is 5.97 Å². The van der Waals surface area contributed by atoms with E-state index in [2.05, 4.69) is 5.32 Å². The number of nitrogens with one attached hydrogen (secondary N) is 1. The maximum Gasteiger partial charge on any atom is 0.329 e. The molecule has 0 amide bonds. The van der Waals surface area contributed by atoms with Gasteiger partial charge < -0.3 is 24.6 Å². The van der Waals surface area contributed by atoms with Gasteiger partial charge in [-0.2, -0.15) is 0 Å². The van der Waals surface area contributed by atoms with Gasteiger partial charge in [0.05, 0.1) is 33.0 Å². The Hall–Kier alpha value is -1.63. The fourth-order valence-electron chi connectivity index (χ4n) is 1.42. The highest BCUT2D eigenvalue weighted by Crippen LogP contribution is 2.03.